The van der Waals surface area contributed by atoms with E-state index < -0.39 is 12.7 Å². The summed E-state index contributed by atoms with van der Waals surface area (Å²) in [5.41, 5.74) is 1.10. The molecule has 1 aromatic heterocycles. The molecule has 0 aliphatic carbocycles. The van der Waals surface area contributed by atoms with Crippen LogP contribution in [0.4, 0.5) is 13.2 Å². The van der Waals surface area contributed by atoms with Gasteiger partial charge in [0, 0.05) is 56.2 Å². The van der Waals surface area contributed by atoms with Gasteiger partial charge in [0.2, 0.25) is 5.91 Å². The number of aryl methyl sites for hydroxylation is 1. The second-order valence-electron chi connectivity index (χ2n) is 7.95. The van der Waals surface area contributed by atoms with Crippen LogP contribution in [0.2, 0.25) is 0 Å². The van der Waals surface area contributed by atoms with E-state index in [1.54, 1.807) is 13.8 Å². The average molecular weight is 430 g/mol. The van der Waals surface area contributed by atoms with Crippen molar-refractivity contribution in [2.45, 2.75) is 26.6 Å². The lowest BCUT2D eigenvalue weighted by atomic mass is 10.1. The molecule has 0 radical (unpaired) electrons. The van der Waals surface area contributed by atoms with E-state index in [2.05, 4.69) is 4.90 Å². The Balaban J connectivity index is 1.50. The van der Waals surface area contributed by atoms with Crippen molar-refractivity contribution in [3.63, 3.8) is 0 Å². The maximum absolute atomic E-state index is 12.8. The third-order valence-corrected chi connectivity index (χ3v) is 5.77. The Kier molecular flexibility index (Phi) is 7.20. The van der Waals surface area contributed by atoms with E-state index >= 15 is 0 Å². The highest BCUT2D eigenvalue weighted by Crippen LogP contribution is 2.23. The lowest BCUT2D eigenvalue weighted by Gasteiger charge is -2.36. The zero-order valence-corrected chi connectivity index (χ0v) is 17.5. The number of morpholine rings is 1. The van der Waals surface area contributed by atoms with E-state index in [1.165, 1.54) is 6.07 Å². The van der Waals surface area contributed by atoms with Crippen molar-refractivity contribution >= 4 is 11.7 Å². The van der Waals surface area contributed by atoms with Crippen LogP contribution in [0.15, 0.2) is 6.07 Å². The summed E-state index contributed by atoms with van der Waals surface area (Å²) in [6, 6.07) is 1.53. The number of halogens is 3. The molecule has 0 N–H and O–H groups in total. The Morgan fingerprint density at radius 3 is 2.17 bits per heavy atom. The van der Waals surface area contributed by atoms with Crippen LogP contribution in [0, 0.1) is 13.8 Å². The standard InChI is InChI=1S/C20H29F3N4O3/c1-15-11-17(16(2)27(15)14-20(21,22)23)18(28)12-24-3-5-26(6-4-24)19(29)13-25-7-9-30-10-8-25/h11H,3-10,12-14H2,1-2H3. The average Bonchev–Trinajstić information content (AvgIpc) is 2.96. The number of amides is 1. The first-order valence-electron chi connectivity index (χ1n) is 10.2. The molecule has 0 saturated carbocycles. The summed E-state index contributed by atoms with van der Waals surface area (Å²) in [6.07, 6.45) is -4.33. The second kappa shape index (κ2) is 9.49. The molecule has 2 fully saturated rings. The minimum atomic E-state index is -4.33. The molecule has 10 heteroatoms. The van der Waals surface area contributed by atoms with E-state index in [-0.39, 0.29) is 18.2 Å². The molecule has 1 amide bonds. The highest BCUT2D eigenvalue weighted by atomic mass is 19.4. The number of hydrogen-bond donors (Lipinski definition) is 0. The number of aromatic nitrogens is 1. The van der Waals surface area contributed by atoms with Crippen molar-refractivity contribution in [2.75, 3.05) is 65.6 Å². The highest BCUT2D eigenvalue weighted by Gasteiger charge is 2.31. The van der Waals surface area contributed by atoms with E-state index in [9.17, 15) is 22.8 Å². The van der Waals surface area contributed by atoms with Crippen LogP contribution in [-0.4, -0.2) is 103 Å². The summed E-state index contributed by atoms with van der Waals surface area (Å²) < 4.78 is 44.8. The van der Waals surface area contributed by atoms with Crippen LogP contribution in [-0.2, 0) is 16.1 Å². The molecule has 0 unspecified atom stereocenters. The van der Waals surface area contributed by atoms with E-state index in [1.807, 2.05) is 9.80 Å². The number of carbonyl (C=O) groups excluding carboxylic acids is 2. The van der Waals surface area contributed by atoms with Gasteiger partial charge in [-0.2, -0.15) is 13.2 Å². The highest BCUT2D eigenvalue weighted by molar-refractivity contribution is 5.99. The van der Waals surface area contributed by atoms with Crippen molar-refractivity contribution in [2.24, 2.45) is 0 Å². The van der Waals surface area contributed by atoms with Gasteiger partial charge in [-0.15, -0.1) is 0 Å². The predicted octanol–water partition coefficient (Wildman–Crippen LogP) is 1.33. The molecule has 30 heavy (non-hydrogen) atoms. The molecule has 0 spiro atoms. The van der Waals surface area contributed by atoms with Crippen molar-refractivity contribution in [3.8, 4) is 0 Å². The monoisotopic (exact) mass is 430 g/mol. The SMILES string of the molecule is Cc1cc(C(=O)CN2CCN(C(=O)CN3CCOCC3)CC2)c(C)n1CC(F)(F)F. The minimum Gasteiger partial charge on any atom is -0.379 e. The number of piperazine rings is 1. The van der Waals surface area contributed by atoms with Gasteiger partial charge in [0.05, 0.1) is 26.3 Å². The number of nitrogens with zero attached hydrogens (tertiary/aromatic N) is 4. The smallest absolute Gasteiger partial charge is 0.379 e. The Bertz CT molecular complexity index is 764. The molecule has 0 bridgehead atoms. The number of Topliss-reactive ketones (excluding diaryl/α,β-unsaturated/α-hetero) is 1. The quantitative estimate of drug-likeness (QED) is 0.638. The molecule has 0 aromatic carbocycles. The number of hydrogen-bond acceptors (Lipinski definition) is 5. The van der Waals surface area contributed by atoms with Gasteiger partial charge in [-0.05, 0) is 19.9 Å². The Hall–Kier alpha value is -1.91. The first-order valence-corrected chi connectivity index (χ1v) is 10.2. The molecule has 2 aliphatic rings. The van der Waals surface area contributed by atoms with Gasteiger partial charge in [0.15, 0.2) is 5.78 Å². The van der Waals surface area contributed by atoms with Crippen LogP contribution >= 0.6 is 0 Å². The maximum Gasteiger partial charge on any atom is 0.406 e. The number of carbonyl (C=O) groups is 2. The van der Waals surface area contributed by atoms with Crippen molar-refractivity contribution in [3.05, 3.63) is 23.0 Å². The van der Waals surface area contributed by atoms with Gasteiger partial charge >= 0.3 is 6.18 Å². The number of rotatable bonds is 6. The fourth-order valence-electron chi connectivity index (χ4n) is 4.00. The number of ether oxygens (including phenoxy) is 1. The molecule has 1 aromatic rings. The number of alkyl halides is 3. The maximum atomic E-state index is 12.8. The largest absolute Gasteiger partial charge is 0.406 e. The molecule has 0 atom stereocenters. The lowest BCUT2D eigenvalue weighted by Crippen LogP contribution is -2.52. The van der Waals surface area contributed by atoms with Crippen LogP contribution < -0.4 is 0 Å². The van der Waals surface area contributed by atoms with Gasteiger partial charge < -0.3 is 14.2 Å². The molecular weight excluding hydrogens is 401 g/mol. The topological polar surface area (TPSA) is 58.0 Å². The van der Waals surface area contributed by atoms with Crippen LogP contribution in [0.5, 0.6) is 0 Å². The fourth-order valence-corrected chi connectivity index (χ4v) is 4.00. The lowest BCUT2D eigenvalue weighted by molar-refractivity contribution is -0.141. The van der Waals surface area contributed by atoms with Crippen LogP contribution in [0.1, 0.15) is 21.7 Å². The van der Waals surface area contributed by atoms with Crippen LogP contribution in [0.3, 0.4) is 0 Å². The van der Waals surface area contributed by atoms with E-state index in [0.717, 1.165) is 17.7 Å². The van der Waals surface area contributed by atoms with Crippen molar-refractivity contribution < 1.29 is 27.5 Å². The molecule has 3 rings (SSSR count). The molecule has 2 saturated heterocycles. The molecular formula is C20H29F3N4O3. The second-order valence-corrected chi connectivity index (χ2v) is 7.95. The van der Waals surface area contributed by atoms with Gasteiger partial charge in [0.1, 0.15) is 6.54 Å². The summed E-state index contributed by atoms with van der Waals surface area (Å²) >= 11 is 0. The summed E-state index contributed by atoms with van der Waals surface area (Å²) in [5.74, 6) is -0.108. The molecule has 2 aliphatic heterocycles. The third-order valence-electron chi connectivity index (χ3n) is 5.77. The minimum absolute atomic E-state index is 0.0820. The first kappa shape index (κ1) is 22.8. The fraction of sp³-hybridized carbons (Fsp3) is 0.700. The van der Waals surface area contributed by atoms with Gasteiger partial charge in [-0.3, -0.25) is 19.4 Å². The van der Waals surface area contributed by atoms with Crippen molar-refractivity contribution in [1.82, 2.24) is 19.3 Å². The van der Waals surface area contributed by atoms with Crippen LogP contribution in [0.25, 0.3) is 0 Å². The third kappa shape index (κ3) is 5.83. The van der Waals surface area contributed by atoms with Gasteiger partial charge in [-0.1, -0.05) is 0 Å². The summed E-state index contributed by atoms with van der Waals surface area (Å²) in [6.45, 7) is 7.59. The Labute approximate surface area is 174 Å². The number of ketones is 1. The van der Waals surface area contributed by atoms with Gasteiger partial charge in [-0.25, -0.2) is 0 Å². The van der Waals surface area contributed by atoms with E-state index in [4.69, 9.17) is 4.74 Å². The first-order chi connectivity index (χ1) is 14.1. The van der Waals surface area contributed by atoms with Gasteiger partial charge in [0.25, 0.3) is 0 Å². The summed E-state index contributed by atoms with van der Waals surface area (Å²) in [4.78, 5) is 31.0. The normalized spacial score (nSPS) is 19.3. The predicted molar refractivity (Wildman–Crippen MR) is 105 cm³/mol. The molecule has 168 valence electrons. The zero-order valence-electron chi connectivity index (χ0n) is 17.5. The Morgan fingerprint density at radius 2 is 1.57 bits per heavy atom. The summed E-state index contributed by atoms with van der Waals surface area (Å²) in [7, 11) is 0. The Morgan fingerprint density at radius 1 is 0.967 bits per heavy atom. The summed E-state index contributed by atoms with van der Waals surface area (Å²) in [5, 5.41) is 0. The zero-order chi connectivity index (χ0) is 21.9. The van der Waals surface area contributed by atoms with Crippen molar-refractivity contribution in [1.29, 1.82) is 0 Å². The molecule has 3 heterocycles. The molecule has 7 nitrogen and oxygen atoms in total. The van der Waals surface area contributed by atoms with E-state index in [0.29, 0.717) is 62.9 Å².